The Balaban J connectivity index is 1.75. The Hall–Kier alpha value is -1.43. The maximum absolute atomic E-state index is 12.6. The lowest BCUT2D eigenvalue weighted by molar-refractivity contribution is -0.123. The normalized spacial score (nSPS) is 17.4. The molecule has 2 rings (SSSR count). The molecule has 1 heterocycles. The molecule has 0 unspecified atom stereocenters. The fourth-order valence-corrected chi connectivity index (χ4v) is 4.36. The quantitative estimate of drug-likeness (QED) is 0.355. The molecule has 0 aromatic heterocycles. The molecule has 1 aromatic rings. The number of carbonyl (C=O) groups is 1. The summed E-state index contributed by atoms with van der Waals surface area (Å²) in [5.74, 6) is 0.0278. The Labute approximate surface area is 189 Å². The number of aliphatic hydroxyl groups is 2. The molecule has 0 saturated carbocycles. The molecule has 1 saturated heterocycles. The molecule has 1 fully saturated rings. The molecule has 176 valence electrons. The molecule has 31 heavy (non-hydrogen) atoms. The summed E-state index contributed by atoms with van der Waals surface area (Å²) in [6.45, 7) is 4.44. The van der Waals surface area contributed by atoms with Gasteiger partial charge in [-0.1, -0.05) is 88.6 Å². The van der Waals surface area contributed by atoms with E-state index in [1.54, 1.807) is 0 Å². The minimum atomic E-state index is -0.736. The Morgan fingerprint density at radius 1 is 1.00 bits per heavy atom. The molecule has 0 spiro atoms. The lowest BCUT2D eigenvalue weighted by Gasteiger charge is -2.34. The van der Waals surface area contributed by atoms with E-state index in [4.69, 9.17) is 0 Å². The van der Waals surface area contributed by atoms with Gasteiger partial charge in [0, 0.05) is 26.1 Å². The number of rotatable bonds is 15. The minimum Gasteiger partial charge on any atom is -0.393 e. The average molecular weight is 433 g/mol. The van der Waals surface area contributed by atoms with Gasteiger partial charge in [-0.05, 0) is 24.8 Å². The molecule has 1 aromatic carbocycles. The van der Waals surface area contributed by atoms with Crippen LogP contribution in [0.15, 0.2) is 30.3 Å². The lowest BCUT2D eigenvalue weighted by atomic mass is 9.99. The van der Waals surface area contributed by atoms with Crippen LogP contribution in [0.4, 0.5) is 0 Å². The van der Waals surface area contributed by atoms with Crippen LogP contribution in [0.25, 0.3) is 0 Å². The van der Waals surface area contributed by atoms with Crippen LogP contribution >= 0.6 is 0 Å². The molecule has 0 aliphatic carbocycles. The first kappa shape index (κ1) is 25.8. The predicted octanol–water partition coefficient (Wildman–Crippen LogP) is 4.58. The number of hydrogen-bond acceptors (Lipinski definition) is 4. The molecule has 3 N–H and O–H groups in total. The van der Waals surface area contributed by atoms with E-state index in [1.807, 2.05) is 30.3 Å². The van der Waals surface area contributed by atoms with Gasteiger partial charge in [0.25, 0.3) is 0 Å². The van der Waals surface area contributed by atoms with E-state index in [-0.39, 0.29) is 18.1 Å². The fraction of sp³-hybridized carbons (Fsp3) is 0.731. The zero-order valence-electron chi connectivity index (χ0n) is 19.5. The SMILES string of the molecule is CCCCCCCCCCCC(=O)N[C@@H](CN1CCC(O)CC1)[C@H](O)c1ccccc1. The fourth-order valence-electron chi connectivity index (χ4n) is 4.36. The lowest BCUT2D eigenvalue weighted by Crippen LogP contribution is -2.49. The van der Waals surface area contributed by atoms with Crippen molar-refractivity contribution in [2.75, 3.05) is 19.6 Å². The first-order valence-electron chi connectivity index (χ1n) is 12.5. The zero-order chi connectivity index (χ0) is 22.3. The third-order valence-electron chi connectivity index (χ3n) is 6.39. The van der Waals surface area contributed by atoms with E-state index in [0.29, 0.717) is 13.0 Å². The molecule has 1 aliphatic heterocycles. The molecular formula is C26H44N2O3. The van der Waals surface area contributed by atoms with Crippen molar-refractivity contribution in [3.05, 3.63) is 35.9 Å². The van der Waals surface area contributed by atoms with Crippen LogP contribution in [0.3, 0.4) is 0 Å². The number of piperidine rings is 1. The Morgan fingerprint density at radius 3 is 2.19 bits per heavy atom. The number of nitrogens with zero attached hydrogens (tertiary/aromatic N) is 1. The van der Waals surface area contributed by atoms with Gasteiger partial charge in [-0.25, -0.2) is 0 Å². The number of amides is 1. The summed E-state index contributed by atoms with van der Waals surface area (Å²) >= 11 is 0. The summed E-state index contributed by atoms with van der Waals surface area (Å²) in [6.07, 6.45) is 12.1. The van der Waals surface area contributed by atoms with E-state index < -0.39 is 6.10 Å². The molecule has 5 nitrogen and oxygen atoms in total. The molecule has 1 aliphatic rings. The van der Waals surface area contributed by atoms with Crippen molar-refractivity contribution >= 4 is 5.91 Å². The van der Waals surface area contributed by atoms with Gasteiger partial charge in [0.1, 0.15) is 6.10 Å². The number of aliphatic hydroxyl groups excluding tert-OH is 2. The number of unbranched alkanes of at least 4 members (excludes halogenated alkanes) is 8. The van der Waals surface area contributed by atoms with Crippen LogP contribution < -0.4 is 5.32 Å². The first-order valence-corrected chi connectivity index (χ1v) is 12.5. The van der Waals surface area contributed by atoms with Gasteiger partial charge in [0.2, 0.25) is 5.91 Å². The van der Waals surface area contributed by atoms with Gasteiger partial charge in [-0.15, -0.1) is 0 Å². The van der Waals surface area contributed by atoms with Crippen molar-refractivity contribution in [1.82, 2.24) is 10.2 Å². The third kappa shape index (κ3) is 10.6. The highest BCUT2D eigenvalue weighted by molar-refractivity contribution is 5.76. The number of hydrogen-bond donors (Lipinski definition) is 3. The van der Waals surface area contributed by atoms with Crippen molar-refractivity contribution in [2.45, 2.75) is 102 Å². The van der Waals surface area contributed by atoms with Crippen molar-refractivity contribution in [3.8, 4) is 0 Å². The summed E-state index contributed by atoms with van der Waals surface area (Å²) < 4.78 is 0. The van der Waals surface area contributed by atoms with Crippen LogP contribution in [-0.4, -0.2) is 52.8 Å². The molecule has 1 amide bonds. The molecule has 2 atom stereocenters. The van der Waals surface area contributed by atoms with E-state index in [2.05, 4.69) is 17.1 Å². The number of nitrogens with one attached hydrogen (secondary N) is 1. The second kappa shape index (κ2) is 15.4. The smallest absolute Gasteiger partial charge is 0.220 e. The highest BCUT2D eigenvalue weighted by Gasteiger charge is 2.27. The second-order valence-corrected chi connectivity index (χ2v) is 9.14. The first-order chi connectivity index (χ1) is 15.1. The maximum atomic E-state index is 12.6. The summed E-state index contributed by atoms with van der Waals surface area (Å²) in [5.41, 5.74) is 0.827. The zero-order valence-corrected chi connectivity index (χ0v) is 19.5. The molecule has 0 radical (unpaired) electrons. The van der Waals surface area contributed by atoms with Crippen LogP contribution in [0, 0.1) is 0 Å². The standard InChI is InChI=1S/C26H44N2O3/c1-2-3-4-5-6-7-8-9-13-16-25(30)27-24(21-28-19-17-23(29)18-20-28)26(31)22-14-11-10-12-15-22/h10-12,14-15,23-24,26,29,31H,2-9,13,16-21H2,1H3,(H,27,30)/t24-,26+/m0/s1. The molecule has 5 heteroatoms. The van der Waals surface area contributed by atoms with E-state index >= 15 is 0 Å². The van der Waals surface area contributed by atoms with Crippen molar-refractivity contribution < 1.29 is 15.0 Å². The van der Waals surface area contributed by atoms with Crippen LogP contribution in [0.5, 0.6) is 0 Å². The second-order valence-electron chi connectivity index (χ2n) is 9.14. The highest BCUT2D eigenvalue weighted by Crippen LogP contribution is 2.20. The predicted molar refractivity (Wildman–Crippen MR) is 127 cm³/mol. The largest absolute Gasteiger partial charge is 0.393 e. The highest BCUT2D eigenvalue weighted by atomic mass is 16.3. The van der Waals surface area contributed by atoms with Gasteiger partial charge >= 0.3 is 0 Å². The molecule has 0 bridgehead atoms. The summed E-state index contributed by atoms with van der Waals surface area (Å²) in [6, 6.07) is 9.23. The minimum absolute atomic E-state index is 0.0278. The van der Waals surface area contributed by atoms with E-state index in [0.717, 1.165) is 44.3 Å². The van der Waals surface area contributed by atoms with Crippen molar-refractivity contribution in [3.63, 3.8) is 0 Å². The Bertz CT molecular complexity index is 588. The van der Waals surface area contributed by atoms with Gasteiger partial charge in [0.15, 0.2) is 0 Å². The van der Waals surface area contributed by atoms with E-state index in [9.17, 15) is 15.0 Å². The van der Waals surface area contributed by atoms with Gasteiger partial charge < -0.3 is 20.4 Å². The summed E-state index contributed by atoms with van der Waals surface area (Å²) in [7, 11) is 0. The van der Waals surface area contributed by atoms with E-state index in [1.165, 1.54) is 44.9 Å². The van der Waals surface area contributed by atoms with Crippen molar-refractivity contribution in [2.24, 2.45) is 0 Å². The van der Waals surface area contributed by atoms with Crippen LogP contribution in [-0.2, 0) is 4.79 Å². The Kier molecular flexibility index (Phi) is 12.8. The number of benzene rings is 1. The van der Waals surface area contributed by atoms with Crippen molar-refractivity contribution in [1.29, 1.82) is 0 Å². The van der Waals surface area contributed by atoms with Gasteiger partial charge in [-0.2, -0.15) is 0 Å². The maximum Gasteiger partial charge on any atom is 0.220 e. The van der Waals surface area contributed by atoms with Gasteiger partial charge in [-0.3, -0.25) is 4.79 Å². The third-order valence-corrected chi connectivity index (χ3v) is 6.39. The van der Waals surface area contributed by atoms with Crippen LogP contribution in [0.2, 0.25) is 0 Å². The molecular weight excluding hydrogens is 388 g/mol. The Morgan fingerprint density at radius 2 is 1.58 bits per heavy atom. The summed E-state index contributed by atoms with van der Waals surface area (Å²) in [4.78, 5) is 14.8. The van der Waals surface area contributed by atoms with Gasteiger partial charge in [0.05, 0.1) is 12.1 Å². The van der Waals surface area contributed by atoms with Crippen LogP contribution in [0.1, 0.15) is 95.6 Å². The summed E-state index contributed by atoms with van der Waals surface area (Å²) in [5, 5.41) is 23.8. The number of carbonyl (C=O) groups excluding carboxylic acids is 1. The average Bonchev–Trinajstić information content (AvgIpc) is 2.79. The number of likely N-dealkylation sites (tertiary alicyclic amines) is 1. The topological polar surface area (TPSA) is 72.8 Å². The monoisotopic (exact) mass is 432 g/mol.